The third-order valence-corrected chi connectivity index (χ3v) is 2.58. The quantitative estimate of drug-likeness (QED) is 0.837. The Morgan fingerprint density at radius 1 is 1.20 bits per heavy atom. The van der Waals surface area contributed by atoms with Crippen molar-refractivity contribution in [3.8, 4) is 0 Å². The molecular weight excluding hydrogens is 280 g/mol. The molecule has 0 saturated heterocycles. The maximum atomic E-state index is 11.8. The molecule has 0 spiro atoms. The number of amides is 1. The summed E-state index contributed by atoms with van der Waals surface area (Å²) in [7, 11) is 5.36. The maximum absolute atomic E-state index is 11.8. The van der Waals surface area contributed by atoms with E-state index >= 15 is 0 Å². The van der Waals surface area contributed by atoms with Crippen LogP contribution in [-0.4, -0.2) is 55.1 Å². The fourth-order valence-corrected chi connectivity index (χ4v) is 1.51. The van der Waals surface area contributed by atoms with Crippen LogP contribution in [0.15, 0.2) is 0 Å². The van der Waals surface area contributed by atoms with Crippen LogP contribution in [0.4, 0.5) is 11.9 Å². The summed E-state index contributed by atoms with van der Waals surface area (Å²) in [6.07, 6.45) is 0. The molecule has 0 radical (unpaired) electrons. The molecule has 1 amide bonds. The summed E-state index contributed by atoms with van der Waals surface area (Å²) in [5.41, 5.74) is 0. The lowest BCUT2D eigenvalue weighted by molar-refractivity contribution is -0.119. The fraction of sp³-hybridized carbons (Fsp3) is 0.667. The minimum absolute atomic E-state index is 0.0795. The highest BCUT2D eigenvalue weighted by Crippen LogP contribution is 2.13. The van der Waals surface area contributed by atoms with E-state index in [1.807, 2.05) is 27.9 Å². The number of hydrogen-bond donors (Lipinski definition) is 1. The van der Waals surface area contributed by atoms with Gasteiger partial charge in [-0.15, -0.1) is 0 Å². The monoisotopic (exact) mass is 300 g/mol. The van der Waals surface area contributed by atoms with Gasteiger partial charge in [0.2, 0.25) is 23.1 Å². The maximum Gasteiger partial charge on any atom is 0.239 e. The van der Waals surface area contributed by atoms with Crippen molar-refractivity contribution in [1.82, 2.24) is 20.3 Å². The lowest BCUT2D eigenvalue weighted by Gasteiger charge is -2.19. The van der Waals surface area contributed by atoms with Crippen LogP contribution >= 0.6 is 11.6 Å². The lowest BCUT2D eigenvalue weighted by Crippen LogP contribution is -2.37. The molecule has 1 N–H and O–H groups in total. The Morgan fingerprint density at radius 3 is 2.35 bits per heavy atom. The first-order valence-corrected chi connectivity index (χ1v) is 6.74. The van der Waals surface area contributed by atoms with Gasteiger partial charge in [0.15, 0.2) is 0 Å². The highest BCUT2D eigenvalue weighted by molar-refractivity contribution is 6.28. The molecule has 0 fully saturated rings. The van der Waals surface area contributed by atoms with Crippen molar-refractivity contribution in [3.63, 3.8) is 0 Å². The summed E-state index contributed by atoms with van der Waals surface area (Å²) >= 11 is 5.86. The van der Waals surface area contributed by atoms with E-state index in [2.05, 4.69) is 20.3 Å². The van der Waals surface area contributed by atoms with Gasteiger partial charge in [0.05, 0.1) is 6.54 Å². The Hall–Kier alpha value is -1.63. The number of likely N-dealkylation sites (N-methyl/N-ethyl adjacent to an activating group) is 1. The van der Waals surface area contributed by atoms with E-state index in [1.54, 1.807) is 16.8 Å². The number of rotatable bonds is 6. The number of carbonyl (C=O) groups is 1. The smallest absolute Gasteiger partial charge is 0.239 e. The summed E-state index contributed by atoms with van der Waals surface area (Å²) in [6.45, 7) is 4.89. The van der Waals surface area contributed by atoms with Crippen LogP contribution in [0.2, 0.25) is 5.28 Å². The Kier molecular flexibility index (Phi) is 5.94. The third kappa shape index (κ3) is 5.16. The normalized spacial score (nSPS) is 10.6. The first kappa shape index (κ1) is 16.4. The summed E-state index contributed by atoms with van der Waals surface area (Å²) in [4.78, 5) is 27.4. The van der Waals surface area contributed by atoms with Crippen molar-refractivity contribution in [1.29, 1.82) is 0 Å². The second-order valence-electron chi connectivity index (χ2n) is 5.15. The minimum atomic E-state index is -0.0795. The predicted octanol–water partition coefficient (Wildman–Crippen LogP) is 0.799. The largest absolute Gasteiger partial charge is 0.354 e. The van der Waals surface area contributed by atoms with Crippen molar-refractivity contribution in [2.45, 2.75) is 13.8 Å². The van der Waals surface area contributed by atoms with E-state index in [0.717, 1.165) is 0 Å². The van der Waals surface area contributed by atoms with Crippen LogP contribution in [-0.2, 0) is 4.79 Å². The number of aromatic nitrogens is 3. The Labute approximate surface area is 124 Å². The molecule has 0 atom stereocenters. The molecule has 112 valence electrons. The molecule has 8 heteroatoms. The Bertz CT molecular complexity index is 465. The summed E-state index contributed by atoms with van der Waals surface area (Å²) in [6, 6.07) is 0. The van der Waals surface area contributed by atoms with Crippen LogP contribution in [0.25, 0.3) is 0 Å². The van der Waals surface area contributed by atoms with E-state index in [4.69, 9.17) is 11.6 Å². The summed E-state index contributed by atoms with van der Waals surface area (Å²) in [5, 5.41) is 2.94. The average Bonchev–Trinajstić information content (AvgIpc) is 2.35. The molecule has 1 aromatic heterocycles. The number of nitrogens with zero attached hydrogens (tertiary/aromatic N) is 5. The summed E-state index contributed by atoms with van der Waals surface area (Å²) < 4.78 is 0. The molecule has 0 aliphatic carbocycles. The third-order valence-electron chi connectivity index (χ3n) is 2.41. The molecule has 0 aliphatic rings. The van der Waals surface area contributed by atoms with Crippen molar-refractivity contribution >= 4 is 29.4 Å². The van der Waals surface area contributed by atoms with Crippen LogP contribution in [0.3, 0.4) is 0 Å². The molecule has 0 aliphatic heterocycles. The van der Waals surface area contributed by atoms with Crippen molar-refractivity contribution in [2.24, 2.45) is 5.92 Å². The first-order valence-electron chi connectivity index (χ1n) is 6.36. The van der Waals surface area contributed by atoms with Gasteiger partial charge in [-0.1, -0.05) is 13.8 Å². The van der Waals surface area contributed by atoms with Gasteiger partial charge < -0.3 is 15.1 Å². The molecule has 0 bridgehead atoms. The van der Waals surface area contributed by atoms with Crippen LogP contribution in [0.5, 0.6) is 0 Å². The topological polar surface area (TPSA) is 74.2 Å². The minimum Gasteiger partial charge on any atom is -0.354 e. The van der Waals surface area contributed by atoms with E-state index in [9.17, 15) is 4.79 Å². The molecule has 0 unspecified atom stereocenters. The van der Waals surface area contributed by atoms with Crippen LogP contribution in [0, 0.1) is 5.92 Å². The van der Waals surface area contributed by atoms with Gasteiger partial charge in [0.25, 0.3) is 0 Å². The van der Waals surface area contributed by atoms with E-state index in [0.29, 0.717) is 24.4 Å². The second-order valence-corrected chi connectivity index (χ2v) is 5.49. The lowest BCUT2D eigenvalue weighted by atomic mass is 10.2. The molecule has 1 aromatic rings. The van der Waals surface area contributed by atoms with Crippen LogP contribution < -0.4 is 15.1 Å². The van der Waals surface area contributed by atoms with Gasteiger partial charge in [-0.3, -0.25) is 4.79 Å². The summed E-state index contributed by atoms with van der Waals surface area (Å²) in [5.74, 6) is 1.16. The van der Waals surface area contributed by atoms with Gasteiger partial charge in [-0.2, -0.15) is 15.0 Å². The van der Waals surface area contributed by atoms with Gasteiger partial charge in [0.1, 0.15) is 0 Å². The van der Waals surface area contributed by atoms with Gasteiger partial charge in [-0.05, 0) is 17.5 Å². The number of anilines is 2. The van der Waals surface area contributed by atoms with E-state index in [-0.39, 0.29) is 17.7 Å². The molecule has 20 heavy (non-hydrogen) atoms. The Morgan fingerprint density at radius 2 is 1.80 bits per heavy atom. The number of hydrogen-bond acceptors (Lipinski definition) is 6. The zero-order chi connectivity index (χ0) is 15.3. The molecule has 0 saturated carbocycles. The van der Waals surface area contributed by atoms with Crippen molar-refractivity contribution < 1.29 is 4.79 Å². The zero-order valence-corrected chi connectivity index (χ0v) is 13.3. The number of halogens is 1. The first-order chi connectivity index (χ1) is 9.29. The zero-order valence-electron chi connectivity index (χ0n) is 12.5. The van der Waals surface area contributed by atoms with E-state index < -0.39 is 0 Å². The number of carbonyl (C=O) groups excluding carboxylic acids is 1. The predicted molar refractivity (Wildman–Crippen MR) is 80.3 cm³/mol. The molecule has 7 nitrogen and oxygen atoms in total. The van der Waals surface area contributed by atoms with Crippen LogP contribution in [0.1, 0.15) is 13.8 Å². The van der Waals surface area contributed by atoms with Crippen molar-refractivity contribution in [2.75, 3.05) is 44.0 Å². The van der Waals surface area contributed by atoms with Gasteiger partial charge in [0, 0.05) is 27.7 Å². The van der Waals surface area contributed by atoms with Gasteiger partial charge >= 0.3 is 0 Å². The fourth-order valence-electron chi connectivity index (χ4n) is 1.36. The van der Waals surface area contributed by atoms with Crippen molar-refractivity contribution in [3.05, 3.63) is 5.28 Å². The van der Waals surface area contributed by atoms with E-state index in [1.165, 1.54) is 0 Å². The average molecular weight is 301 g/mol. The molecule has 0 aromatic carbocycles. The standard InChI is InChI=1S/C12H21ClN6O/c1-8(2)6-14-9(20)7-19(5)12-16-10(13)15-11(17-12)18(3)4/h8H,6-7H2,1-5H3,(H,14,20). The SMILES string of the molecule is CC(C)CNC(=O)CN(C)c1nc(Cl)nc(N(C)C)n1. The highest BCUT2D eigenvalue weighted by atomic mass is 35.5. The van der Waals surface area contributed by atoms with Gasteiger partial charge in [-0.25, -0.2) is 0 Å². The second kappa shape index (κ2) is 7.23. The molecule has 1 rings (SSSR count). The number of nitrogens with one attached hydrogen (secondary N) is 1. The molecule has 1 heterocycles. The Balaban J connectivity index is 2.72. The molecular formula is C12H21ClN6O. The highest BCUT2D eigenvalue weighted by Gasteiger charge is 2.13.